The van der Waals surface area contributed by atoms with Crippen molar-refractivity contribution in [1.29, 1.82) is 0 Å². The summed E-state index contributed by atoms with van der Waals surface area (Å²) < 4.78 is 16.2. The number of esters is 1. The molecule has 0 bridgehead atoms. The minimum Gasteiger partial charge on any atom is -0.494 e. The van der Waals surface area contributed by atoms with E-state index >= 15 is 0 Å². The van der Waals surface area contributed by atoms with Crippen molar-refractivity contribution in [2.24, 2.45) is 0 Å². The van der Waals surface area contributed by atoms with Gasteiger partial charge in [-0.1, -0.05) is 37.3 Å². The number of Topliss-reactive ketones (excluding diaryl/α,β-unsaturated/α-hetero) is 1. The Bertz CT molecular complexity index is 1290. The van der Waals surface area contributed by atoms with E-state index in [-0.39, 0.29) is 36.8 Å². The summed E-state index contributed by atoms with van der Waals surface area (Å²) in [6.45, 7) is 3.67. The Morgan fingerprint density at radius 3 is 2.25 bits per heavy atom. The van der Waals surface area contributed by atoms with E-state index in [9.17, 15) is 19.2 Å². The Labute approximate surface area is 233 Å². The van der Waals surface area contributed by atoms with Crippen LogP contribution in [0.25, 0.3) is 0 Å². The number of amides is 2. The minimum absolute atomic E-state index is 0.0591. The van der Waals surface area contributed by atoms with E-state index in [1.807, 2.05) is 18.2 Å². The average Bonchev–Trinajstić information content (AvgIpc) is 2.97. The van der Waals surface area contributed by atoms with Crippen LogP contribution in [0.15, 0.2) is 72.8 Å². The van der Waals surface area contributed by atoms with Gasteiger partial charge in [0.1, 0.15) is 11.5 Å². The number of carbonyl (C=O) groups excluding carboxylic acids is 4. The fourth-order valence-electron chi connectivity index (χ4n) is 3.69. The maximum absolute atomic E-state index is 13.0. The van der Waals surface area contributed by atoms with Gasteiger partial charge in [-0.05, 0) is 74.2 Å². The highest BCUT2D eigenvalue weighted by atomic mass is 16.6. The molecular weight excluding hydrogens is 512 g/mol. The normalized spacial score (nSPS) is 10.3. The van der Waals surface area contributed by atoms with Crippen molar-refractivity contribution in [1.82, 2.24) is 0 Å². The maximum Gasteiger partial charge on any atom is 0.344 e. The zero-order valence-corrected chi connectivity index (χ0v) is 22.7. The molecule has 0 aliphatic carbocycles. The van der Waals surface area contributed by atoms with Crippen molar-refractivity contribution in [2.45, 2.75) is 39.5 Å². The Morgan fingerprint density at radius 1 is 0.800 bits per heavy atom. The molecule has 0 radical (unpaired) electrons. The maximum atomic E-state index is 13.0. The number of aryl methyl sites for hydroxylation is 1. The highest BCUT2D eigenvalue weighted by Gasteiger charge is 2.16. The number of ether oxygens (including phenoxy) is 3. The second-order valence-electron chi connectivity index (χ2n) is 8.81. The van der Waals surface area contributed by atoms with Gasteiger partial charge in [0.25, 0.3) is 11.8 Å². The molecule has 0 fully saturated rings. The third-order valence-corrected chi connectivity index (χ3v) is 5.80. The molecule has 0 aromatic heterocycles. The molecule has 9 heteroatoms. The van der Waals surface area contributed by atoms with Crippen LogP contribution >= 0.6 is 0 Å². The van der Waals surface area contributed by atoms with Gasteiger partial charge in [0.2, 0.25) is 5.78 Å². The Balaban J connectivity index is 1.61. The summed E-state index contributed by atoms with van der Waals surface area (Å²) in [4.78, 5) is 48.5. The topological polar surface area (TPSA) is 120 Å². The van der Waals surface area contributed by atoms with Crippen molar-refractivity contribution in [3.63, 3.8) is 0 Å². The van der Waals surface area contributed by atoms with Gasteiger partial charge in [-0.2, -0.15) is 0 Å². The number of anilines is 2. The van der Waals surface area contributed by atoms with Gasteiger partial charge in [-0.3, -0.25) is 14.4 Å². The minimum atomic E-state index is -0.768. The summed E-state index contributed by atoms with van der Waals surface area (Å²) in [5, 5.41) is 5.24. The summed E-state index contributed by atoms with van der Waals surface area (Å²) in [6.07, 6.45) is 2.97. The molecule has 3 aromatic carbocycles. The molecule has 210 valence electrons. The lowest BCUT2D eigenvalue weighted by Gasteiger charge is -2.14. The van der Waals surface area contributed by atoms with Gasteiger partial charge in [0.15, 0.2) is 6.61 Å². The number of benzene rings is 3. The molecule has 2 amide bonds. The van der Waals surface area contributed by atoms with Crippen LogP contribution < -0.4 is 20.1 Å². The molecule has 3 rings (SSSR count). The molecule has 40 heavy (non-hydrogen) atoms. The molecular formula is C31H34N2O7. The quantitative estimate of drug-likeness (QED) is 0.153. The molecule has 0 atom stereocenters. The predicted molar refractivity (Wildman–Crippen MR) is 152 cm³/mol. The number of carbonyl (C=O) groups is 4. The Morgan fingerprint density at radius 2 is 1.55 bits per heavy atom. The lowest BCUT2D eigenvalue weighted by atomic mass is 10.1. The third-order valence-electron chi connectivity index (χ3n) is 5.80. The summed E-state index contributed by atoms with van der Waals surface area (Å²) >= 11 is 0. The van der Waals surface area contributed by atoms with Crippen molar-refractivity contribution < 1.29 is 33.4 Å². The van der Waals surface area contributed by atoms with Crippen LogP contribution in [0.4, 0.5) is 11.4 Å². The van der Waals surface area contributed by atoms with Gasteiger partial charge in [-0.15, -0.1) is 0 Å². The third kappa shape index (κ3) is 9.58. The highest BCUT2D eigenvalue weighted by molar-refractivity contribution is 6.40. The molecule has 0 saturated heterocycles. The van der Waals surface area contributed by atoms with Crippen molar-refractivity contribution >= 4 is 34.9 Å². The van der Waals surface area contributed by atoms with E-state index in [1.54, 1.807) is 38.1 Å². The van der Waals surface area contributed by atoms with Crippen molar-refractivity contribution in [2.75, 3.05) is 30.5 Å². The van der Waals surface area contributed by atoms with Crippen LogP contribution in [0.5, 0.6) is 11.5 Å². The number of hydrogen-bond acceptors (Lipinski definition) is 7. The van der Waals surface area contributed by atoms with Crippen LogP contribution in [0.2, 0.25) is 0 Å². The fraction of sp³-hybridized carbons (Fsp3) is 0.290. The average molecular weight is 547 g/mol. The second kappa shape index (κ2) is 15.7. The van der Waals surface area contributed by atoms with E-state index in [0.29, 0.717) is 17.9 Å². The van der Waals surface area contributed by atoms with Crippen molar-refractivity contribution in [3.8, 4) is 11.5 Å². The number of ketones is 1. The van der Waals surface area contributed by atoms with Gasteiger partial charge >= 0.3 is 5.97 Å². The zero-order valence-electron chi connectivity index (χ0n) is 22.7. The first-order chi connectivity index (χ1) is 19.4. The smallest absolute Gasteiger partial charge is 0.344 e. The molecule has 2 N–H and O–H groups in total. The van der Waals surface area contributed by atoms with E-state index in [1.165, 1.54) is 23.8 Å². The van der Waals surface area contributed by atoms with Crippen LogP contribution in [0.3, 0.4) is 0 Å². The van der Waals surface area contributed by atoms with E-state index < -0.39 is 23.6 Å². The van der Waals surface area contributed by atoms with Crippen molar-refractivity contribution in [3.05, 3.63) is 83.9 Å². The molecule has 0 unspecified atom stereocenters. The second-order valence-corrected chi connectivity index (χ2v) is 8.81. The largest absolute Gasteiger partial charge is 0.494 e. The number of nitrogens with one attached hydrogen (secondary N) is 2. The van der Waals surface area contributed by atoms with Crippen LogP contribution in [0, 0.1) is 0 Å². The zero-order chi connectivity index (χ0) is 28.7. The lowest BCUT2D eigenvalue weighted by Crippen LogP contribution is -2.22. The molecule has 0 aliphatic rings. The Hall–Kier alpha value is -4.66. The van der Waals surface area contributed by atoms with Crippen LogP contribution in [-0.4, -0.2) is 43.4 Å². The molecule has 3 aromatic rings. The molecule has 0 spiro atoms. The standard InChI is InChI=1S/C31H34N2O7/c1-3-27(34)31(37)32-24-15-18-28(40-21-29(35)38-4-2)26(20-24)33-30(36)23-13-16-25(17-14-23)39-19-9-8-12-22-10-6-5-7-11-22/h5-7,10-11,13-18,20H,3-4,8-9,12,19,21H2,1-2H3,(H,32,37)(H,33,36). The summed E-state index contributed by atoms with van der Waals surface area (Å²) in [5.41, 5.74) is 2.15. The SMILES string of the molecule is CCOC(=O)COc1ccc(NC(=O)C(=O)CC)cc1NC(=O)c1ccc(OCCCCc2ccccc2)cc1. The first kappa shape index (κ1) is 29.9. The molecule has 0 aliphatic heterocycles. The summed E-state index contributed by atoms with van der Waals surface area (Å²) in [7, 11) is 0. The van der Waals surface area contributed by atoms with Crippen LogP contribution in [-0.2, 0) is 25.5 Å². The molecule has 0 saturated carbocycles. The first-order valence-corrected chi connectivity index (χ1v) is 13.2. The monoisotopic (exact) mass is 546 g/mol. The number of hydrogen-bond donors (Lipinski definition) is 2. The molecule has 9 nitrogen and oxygen atoms in total. The summed E-state index contributed by atoms with van der Waals surface area (Å²) in [6, 6.07) is 21.4. The first-order valence-electron chi connectivity index (χ1n) is 13.2. The number of unbranched alkanes of at least 4 members (excludes halogenated alkanes) is 1. The van der Waals surface area contributed by atoms with Gasteiger partial charge in [0, 0.05) is 17.7 Å². The van der Waals surface area contributed by atoms with E-state index in [4.69, 9.17) is 14.2 Å². The van der Waals surface area contributed by atoms with Gasteiger partial charge in [0.05, 0.1) is 18.9 Å². The van der Waals surface area contributed by atoms with E-state index in [2.05, 4.69) is 22.8 Å². The summed E-state index contributed by atoms with van der Waals surface area (Å²) in [5.74, 6) is -1.51. The van der Waals surface area contributed by atoms with Crippen LogP contribution in [0.1, 0.15) is 49.0 Å². The highest BCUT2D eigenvalue weighted by Crippen LogP contribution is 2.29. The van der Waals surface area contributed by atoms with E-state index in [0.717, 1.165) is 19.3 Å². The predicted octanol–water partition coefficient (Wildman–Crippen LogP) is 5.20. The Kier molecular flexibility index (Phi) is 11.7. The van der Waals surface area contributed by atoms with Gasteiger partial charge < -0.3 is 24.8 Å². The lowest BCUT2D eigenvalue weighted by molar-refractivity contribution is -0.145. The fourth-order valence-corrected chi connectivity index (χ4v) is 3.69. The van der Waals surface area contributed by atoms with Gasteiger partial charge in [-0.25, -0.2) is 4.79 Å². The molecule has 0 heterocycles. The number of rotatable bonds is 15.